The third-order valence-electron chi connectivity index (χ3n) is 3.76. The van der Waals surface area contributed by atoms with Crippen molar-refractivity contribution in [3.63, 3.8) is 0 Å². The highest BCUT2D eigenvalue weighted by atomic mass is 19.1. The topological polar surface area (TPSA) is 26.0 Å². The minimum Gasteiger partial charge on any atom is -0.327 e. The van der Waals surface area contributed by atoms with E-state index in [1.165, 1.54) is 11.6 Å². The van der Waals surface area contributed by atoms with E-state index in [9.17, 15) is 4.39 Å². The number of hydrogen-bond donors (Lipinski definition) is 1. The molecule has 3 aromatic carbocycles. The summed E-state index contributed by atoms with van der Waals surface area (Å²) in [6.45, 7) is 0. The van der Waals surface area contributed by atoms with Gasteiger partial charge in [0, 0.05) is 6.04 Å². The molecule has 1 unspecified atom stereocenters. The molecule has 0 aromatic heterocycles. The maximum atomic E-state index is 13.5. The van der Waals surface area contributed by atoms with Gasteiger partial charge in [-0.05, 0) is 46.9 Å². The molecule has 0 saturated heterocycles. The Bertz CT molecular complexity index is 737. The molecule has 0 fully saturated rings. The molecule has 0 bridgehead atoms. The summed E-state index contributed by atoms with van der Waals surface area (Å²) >= 11 is 0. The number of benzene rings is 3. The third-order valence-corrected chi connectivity index (χ3v) is 3.76. The first-order valence-electron chi connectivity index (χ1n) is 7.19. The standard InChI is InChI=1S/C19H18FN/c20-17-10-9-15-7-4-8-16(19(15)13-17)12-18(21)11-14-5-2-1-3-6-14/h1-10,13,18H,11-12,21H2. The van der Waals surface area contributed by atoms with E-state index in [1.807, 2.05) is 42.5 Å². The molecular formula is C19H18FN. The lowest BCUT2D eigenvalue weighted by Gasteiger charge is -2.14. The average molecular weight is 279 g/mol. The first kappa shape index (κ1) is 13.8. The molecule has 21 heavy (non-hydrogen) atoms. The predicted octanol–water partition coefficient (Wildman–Crippen LogP) is 4.09. The lowest BCUT2D eigenvalue weighted by molar-refractivity contribution is 0.629. The second kappa shape index (κ2) is 6.06. The van der Waals surface area contributed by atoms with Gasteiger partial charge in [-0.3, -0.25) is 0 Å². The van der Waals surface area contributed by atoms with Crippen LogP contribution in [0.2, 0.25) is 0 Å². The molecule has 0 aliphatic heterocycles. The summed E-state index contributed by atoms with van der Waals surface area (Å²) in [4.78, 5) is 0. The molecular weight excluding hydrogens is 261 g/mol. The number of halogens is 1. The van der Waals surface area contributed by atoms with Crippen LogP contribution < -0.4 is 5.73 Å². The van der Waals surface area contributed by atoms with E-state index in [4.69, 9.17) is 5.73 Å². The molecule has 0 radical (unpaired) electrons. The molecule has 0 heterocycles. The van der Waals surface area contributed by atoms with Gasteiger partial charge >= 0.3 is 0 Å². The van der Waals surface area contributed by atoms with Crippen LogP contribution in [-0.4, -0.2) is 6.04 Å². The first-order chi connectivity index (χ1) is 10.2. The number of rotatable bonds is 4. The maximum absolute atomic E-state index is 13.5. The van der Waals surface area contributed by atoms with Crippen LogP contribution in [0.4, 0.5) is 4.39 Å². The predicted molar refractivity (Wildman–Crippen MR) is 85.7 cm³/mol. The quantitative estimate of drug-likeness (QED) is 0.764. The highest BCUT2D eigenvalue weighted by Gasteiger charge is 2.09. The Morgan fingerprint density at radius 3 is 2.48 bits per heavy atom. The van der Waals surface area contributed by atoms with Crippen LogP contribution >= 0.6 is 0 Å². The van der Waals surface area contributed by atoms with E-state index in [0.29, 0.717) is 0 Å². The lowest BCUT2D eigenvalue weighted by Crippen LogP contribution is -2.25. The molecule has 2 N–H and O–H groups in total. The fraction of sp³-hybridized carbons (Fsp3) is 0.158. The number of hydrogen-bond acceptors (Lipinski definition) is 1. The van der Waals surface area contributed by atoms with Gasteiger partial charge in [0.2, 0.25) is 0 Å². The summed E-state index contributed by atoms with van der Waals surface area (Å²) in [5.41, 5.74) is 8.61. The van der Waals surface area contributed by atoms with Gasteiger partial charge in [0.15, 0.2) is 0 Å². The van der Waals surface area contributed by atoms with Crippen LogP contribution in [0, 0.1) is 5.82 Å². The molecule has 3 rings (SSSR count). The summed E-state index contributed by atoms with van der Waals surface area (Å²) in [7, 11) is 0. The zero-order chi connectivity index (χ0) is 14.7. The maximum Gasteiger partial charge on any atom is 0.123 e. The Kier molecular flexibility index (Phi) is 3.98. The van der Waals surface area contributed by atoms with Gasteiger partial charge in [0.1, 0.15) is 5.82 Å². The summed E-state index contributed by atoms with van der Waals surface area (Å²) in [5, 5.41) is 2.02. The Morgan fingerprint density at radius 1 is 0.857 bits per heavy atom. The number of nitrogens with two attached hydrogens (primary N) is 1. The normalized spacial score (nSPS) is 12.5. The molecule has 1 atom stereocenters. The van der Waals surface area contributed by atoms with Crippen molar-refractivity contribution in [3.05, 3.63) is 83.7 Å². The second-order valence-electron chi connectivity index (χ2n) is 5.44. The van der Waals surface area contributed by atoms with Crippen LogP contribution in [0.25, 0.3) is 10.8 Å². The van der Waals surface area contributed by atoms with Crippen molar-refractivity contribution in [1.29, 1.82) is 0 Å². The van der Waals surface area contributed by atoms with Gasteiger partial charge in [-0.25, -0.2) is 4.39 Å². The molecule has 2 heteroatoms. The van der Waals surface area contributed by atoms with Gasteiger partial charge in [-0.1, -0.05) is 54.6 Å². The van der Waals surface area contributed by atoms with Crippen molar-refractivity contribution in [2.75, 3.05) is 0 Å². The largest absolute Gasteiger partial charge is 0.327 e. The summed E-state index contributed by atoms with van der Waals surface area (Å²) in [5.74, 6) is -0.202. The van der Waals surface area contributed by atoms with E-state index in [1.54, 1.807) is 6.07 Å². The SMILES string of the molecule is NC(Cc1ccccc1)Cc1cccc2ccc(F)cc12. The van der Waals surface area contributed by atoms with Gasteiger partial charge < -0.3 is 5.73 Å². The van der Waals surface area contributed by atoms with Crippen molar-refractivity contribution < 1.29 is 4.39 Å². The van der Waals surface area contributed by atoms with E-state index < -0.39 is 0 Å². The van der Waals surface area contributed by atoms with Gasteiger partial charge in [0.25, 0.3) is 0 Å². The zero-order valence-electron chi connectivity index (χ0n) is 11.8. The third kappa shape index (κ3) is 3.29. The highest BCUT2D eigenvalue weighted by molar-refractivity contribution is 5.85. The van der Waals surface area contributed by atoms with Crippen LogP contribution in [-0.2, 0) is 12.8 Å². The Morgan fingerprint density at radius 2 is 1.67 bits per heavy atom. The van der Waals surface area contributed by atoms with E-state index in [-0.39, 0.29) is 11.9 Å². The molecule has 0 aliphatic carbocycles. The smallest absolute Gasteiger partial charge is 0.123 e. The van der Waals surface area contributed by atoms with Crippen molar-refractivity contribution >= 4 is 10.8 Å². The summed E-state index contributed by atoms with van der Waals surface area (Å²) in [6, 6.07) is 21.2. The zero-order valence-corrected chi connectivity index (χ0v) is 11.8. The molecule has 1 nitrogen and oxygen atoms in total. The van der Waals surface area contributed by atoms with Crippen molar-refractivity contribution in [3.8, 4) is 0 Å². The average Bonchev–Trinajstić information content (AvgIpc) is 2.49. The molecule has 3 aromatic rings. The first-order valence-corrected chi connectivity index (χ1v) is 7.19. The molecule has 0 spiro atoms. The van der Waals surface area contributed by atoms with Crippen LogP contribution in [0.15, 0.2) is 66.7 Å². The lowest BCUT2D eigenvalue weighted by atomic mass is 9.96. The van der Waals surface area contributed by atoms with Crippen LogP contribution in [0.5, 0.6) is 0 Å². The van der Waals surface area contributed by atoms with Crippen LogP contribution in [0.3, 0.4) is 0 Å². The van der Waals surface area contributed by atoms with Gasteiger partial charge in [-0.2, -0.15) is 0 Å². The summed E-state index contributed by atoms with van der Waals surface area (Å²) < 4.78 is 13.5. The van der Waals surface area contributed by atoms with Crippen LogP contribution in [0.1, 0.15) is 11.1 Å². The number of fused-ring (bicyclic) bond motifs is 1. The molecule has 0 amide bonds. The molecule has 106 valence electrons. The van der Waals surface area contributed by atoms with Crippen molar-refractivity contribution in [2.24, 2.45) is 5.73 Å². The Balaban J connectivity index is 1.83. The van der Waals surface area contributed by atoms with E-state index >= 15 is 0 Å². The fourth-order valence-electron chi connectivity index (χ4n) is 2.76. The minimum atomic E-state index is -0.202. The molecule has 0 saturated carbocycles. The second-order valence-corrected chi connectivity index (χ2v) is 5.44. The highest BCUT2D eigenvalue weighted by Crippen LogP contribution is 2.21. The van der Waals surface area contributed by atoms with E-state index in [2.05, 4.69) is 12.1 Å². The Labute approximate surface area is 124 Å². The van der Waals surface area contributed by atoms with Gasteiger partial charge in [0.05, 0.1) is 0 Å². The molecule has 0 aliphatic rings. The fourth-order valence-corrected chi connectivity index (χ4v) is 2.76. The van der Waals surface area contributed by atoms with Gasteiger partial charge in [-0.15, -0.1) is 0 Å². The monoisotopic (exact) mass is 279 g/mol. The summed E-state index contributed by atoms with van der Waals surface area (Å²) in [6.07, 6.45) is 1.57. The Hall–Kier alpha value is -2.19. The van der Waals surface area contributed by atoms with E-state index in [0.717, 1.165) is 29.2 Å². The van der Waals surface area contributed by atoms with Crippen molar-refractivity contribution in [2.45, 2.75) is 18.9 Å². The minimum absolute atomic E-state index is 0.0290. The van der Waals surface area contributed by atoms with Crippen molar-refractivity contribution in [1.82, 2.24) is 0 Å².